The molecule has 0 unspecified atom stereocenters. The van der Waals surface area contributed by atoms with Gasteiger partial charge in [-0.15, -0.1) is 0 Å². The number of anilines is 6. The topological polar surface area (TPSA) is 59.1 Å². The molecule has 0 radical (unpaired) electrons. The van der Waals surface area contributed by atoms with Crippen LogP contribution in [0.5, 0.6) is 11.5 Å². The third-order valence-electron chi connectivity index (χ3n) is 10.6. The lowest BCUT2D eigenvalue weighted by Gasteiger charge is -2.28. The molecule has 0 N–H and O–H groups in total. The summed E-state index contributed by atoms with van der Waals surface area (Å²) < 4.78 is 50.0. The molecule has 63 heavy (non-hydrogen) atoms. The number of hydrogen-bond donors (Lipinski definition) is 0. The first-order chi connectivity index (χ1) is 30.2. The van der Waals surface area contributed by atoms with E-state index < -0.39 is 23.7 Å². The van der Waals surface area contributed by atoms with Gasteiger partial charge < -0.3 is 19.3 Å². The minimum atomic E-state index is -4.89. The lowest BCUT2D eigenvalue weighted by atomic mass is 10.0. The second kappa shape index (κ2) is 17.2. The van der Waals surface area contributed by atoms with Crippen LogP contribution in [0.2, 0.25) is 0 Å². The van der Waals surface area contributed by atoms with Gasteiger partial charge >= 0.3 is 18.1 Å². The lowest BCUT2D eigenvalue weighted by Crippen LogP contribution is -2.23. The van der Waals surface area contributed by atoms with Gasteiger partial charge in [0.05, 0.1) is 11.4 Å². The van der Waals surface area contributed by atoms with Crippen molar-refractivity contribution in [3.63, 3.8) is 0 Å². The number of hydrogen-bond acceptors (Lipinski definition) is 6. The molecule has 8 aromatic carbocycles. The van der Waals surface area contributed by atoms with Crippen molar-refractivity contribution in [3.8, 4) is 22.6 Å². The maximum absolute atomic E-state index is 13.1. The smallest absolute Gasteiger partial charge is 0.422 e. The number of carbonyl (C=O) groups is 2. The van der Waals surface area contributed by atoms with E-state index >= 15 is 0 Å². The SMILES string of the molecule is C=C(C)C(=O)Oc1ccc2c(N(c3ccc(-c4ccc(N(c5cccc(C)c5)c5cccc6cc(OC(=O)C(=C)C(F)(F)F)ccc56)cc4)cc3)c3cccc(C)c3)cccc2c1. The normalized spacial score (nSPS) is 11.3. The van der Waals surface area contributed by atoms with Crippen molar-refractivity contribution in [2.45, 2.75) is 26.9 Å². The fraction of sp³-hybridized carbons (Fsp3) is 0.0741. The first-order valence-corrected chi connectivity index (χ1v) is 20.1. The number of alkyl halides is 3. The van der Waals surface area contributed by atoms with E-state index in [0.717, 1.165) is 72.5 Å². The maximum atomic E-state index is 13.1. The Kier molecular flexibility index (Phi) is 11.4. The minimum Gasteiger partial charge on any atom is -0.423 e. The zero-order valence-corrected chi connectivity index (χ0v) is 34.7. The van der Waals surface area contributed by atoms with Crippen LogP contribution in [0.4, 0.5) is 47.3 Å². The van der Waals surface area contributed by atoms with Crippen LogP contribution in [0.25, 0.3) is 32.7 Å². The fourth-order valence-corrected chi connectivity index (χ4v) is 7.48. The summed E-state index contributed by atoms with van der Waals surface area (Å²) in [5.41, 5.74) is 8.46. The van der Waals surface area contributed by atoms with Crippen LogP contribution in [0.3, 0.4) is 0 Å². The van der Waals surface area contributed by atoms with E-state index in [1.54, 1.807) is 25.1 Å². The number of esters is 2. The zero-order chi connectivity index (χ0) is 44.4. The Morgan fingerprint density at radius 1 is 0.492 bits per heavy atom. The van der Waals surface area contributed by atoms with Crippen LogP contribution in [0.1, 0.15) is 18.1 Å². The highest BCUT2D eigenvalue weighted by molar-refractivity contribution is 6.02. The Bertz CT molecular complexity index is 3070. The summed E-state index contributed by atoms with van der Waals surface area (Å²) in [6, 6.07) is 55.2. The molecule has 0 saturated heterocycles. The highest BCUT2D eigenvalue weighted by Gasteiger charge is 2.38. The molecule has 0 bridgehead atoms. The lowest BCUT2D eigenvalue weighted by molar-refractivity contribution is -0.142. The molecule has 0 atom stereocenters. The second-order valence-corrected chi connectivity index (χ2v) is 15.3. The molecule has 0 aliphatic carbocycles. The molecular formula is C54H41F3N2O4. The van der Waals surface area contributed by atoms with Crippen LogP contribution in [-0.4, -0.2) is 18.1 Å². The summed E-state index contributed by atoms with van der Waals surface area (Å²) in [6.45, 7) is 12.3. The van der Waals surface area contributed by atoms with Crippen LogP contribution < -0.4 is 19.3 Å². The third kappa shape index (κ3) is 8.95. The van der Waals surface area contributed by atoms with Crippen molar-refractivity contribution < 1.29 is 32.2 Å². The quantitative estimate of drug-likeness (QED) is 0.0735. The van der Waals surface area contributed by atoms with Crippen molar-refractivity contribution in [2.24, 2.45) is 0 Å². The van der Waals surface area contributed by atoms with Crippen molar-refractivity contribution in [1.29, 1.82) is 0 Å². The molecule has 0 fully saturated rings. The largest absolute Gasteiger partial charge is 0.423 e. The van der Waals surface area contributed by atoms with Gasteiger partial charge in [0.15, 0.2) is 0 Å². The Hall–Kier alpha value is -7.91. The maximum Gasteiger partial charge on any atom is 0.422 e. The van der Waals surface area contributed by atoms with Crippen molar-refractivity contribution in [3.05, 3.63) is 205 Å². The molecule has 9 heteroatoms. The Morgan fingerprint density at radius 2 is 0.905 bits per heavy atom. The third-order valence-corrected chi connectivity index (χ3v) is 10.6. The number of aryl methyl sites for hydroxylation is 2. The molecule has 0 spiro atoms. The summed E-state index contributed by atoms with van der Waals surface area (Å²) >= 11 is 0. The van der Waals surface area contributed by atoms with E-state index in [0.29, 0.717) is 16.7 Å². The van der Waals surface area contributed by atoms with Gasteiger partial charge in [-0.1, -0.05) is 86.0 Å². The zero-order valence-electron chi connectivity index (χ0n) is 34.7. The molecule has 0 aliphatic heterocycles. The molecule has 312 valence electrons. The minimum absolute atomic E-state index is 0.0240. The summed E-state index contributed by atoms with van der Waals surface area (Å²) in [4.78, 5) is 28.8. The first-order valence-electron chi connectivity index (χ1n) is 20.1. The number of fused-ring (bicyclic) bond motifs is 2. The fourth-order valence-electron chi connectivity index (χ4n) is 7.48. The molecule has 8 aromatic rings. The average molecular weight is 839 g/mol. The molecule has 0 aliphatic rings. The summed E-state index contributed by atoms with van der Waals surface area (Å²) in [6.07, 6.45) is -4.89. The van der Waals surface area contributed by atoms with Crippen LogP contribution >= 0.6 is 0 Å². The number of carbonyl (C=O) groups excluding carboxylic acids is 2. The van der Waals surface area contributed by atoms with Gasteiger partial charge in [0.25, 0.3) is 0 Å². The summed E-state index contributed by atoms with van der Waals surface area (Å²) in [5.74, 6) is -1.61. The van der Waals surface area contributed by atoms with Gasteiger partial charge in [0.1, 0.15) is 17.1 Å². The standard InChI is InChI=1S/C54H41F3N2O4/c1-34(2)52(60)62-46-26-28-48-40(32-46)12-8-16-50(48)58(44-14-6-10-35(3)30-44)42-22-18-38(19-23-42)39-20-24-43(25-21-39)59(45-15-7-11-36(4)31-45)51-17-9-13-41-33-47(27-29-49(41)51)63-53(61)37(5)54(55,56)57/h6-33H,1,5H2,2-4H3. The van der Waals surface area contributed by atoms with Gasteiger partial charge in [0.2, 0.25) is 0 Å². The van der Waals surface area contributed by atoms with Crippen molar-refractivity contribution in [1.82, 2.24) is 0 Å². The van der Waals surface area contributed by atoms with Crippen LogP contribution in [0.15, 0.2) is 194 Å². The first kappa shape index (κ1) is 41.8. The number of rotatable bonds is 11. The van der Waals surface area contributed by atoms with Gasteiger partial charge in [-0.2, -0.15) is 13.2 Å². The number of halogens is 3. The number of nitrogens with zero attached hydrogens (tertiary/aromatic N) is 2. The molecule has 0 heterocycles. The van der Waals surface area contributed by atoms with Gasteiger partial charge in [0, 0.05) is 39.1 Å². The Morgan fingerprint density at radius 3 is 1.30 bits per heavy atom. The van der Waals surface area contributed by atoms with E-state index in [9.17, 15) is 22.8 Å². The predicted octanol–water partition coefficient (Wildman–Crippen LogP) is 14.7. The Balaban J connectivity index is 1.12. The van der Waals surface area contributed by atoms with Gasteiger partial charge in [-0.05, 0) is 151 Å². The predicted molar refractivity (Wildman–Crippen MR) is 247 cm³/mol. The van der Waals surface area contributed by atoms with Crippen molar-refractivity contribution >= 4 is 67.6 Å². The second-order valence-electron chi connectivity index (χ2n) is 15.3. The molecule has 8 rings (SSSR count). The number of ether oxygens (including phenoxy) is 2. The van der Waals surface area contributed by atoms with Gasteiger partial charge in [-0.3, -0.25) is 0 Å². The van der Waals surface area contributed by atoms with E-state index in [1.807, 2.05) is 73.7 Å². The summed E-state index contributed by atoms with van der Waals surface area (Å²) in [7, 11) is 0. The van der Waals surface area contributed by atoms with Crippen LogP contribution in [-0.2, 0) is 9.59 Å². The molecular weight excluding hydrogens is 798 g/mol. The molecule has 0 saturated carbocycles. The van der Waals surface area contributed by atoms with E-state index in [1.165, 1.54) is 6.07 Å². The van der Waals surface area contributed by atoms with E-state index in [2.05, 4.69) is 109 Å². The Labute approximate surface area is 363 Å². The average Bonchev–Trinajstić information content (AvgIpc) is 3.26. The summed E-state index contributed by atoms with van der Waals surface area (Å²) in [5, 5.41) is 3.36. The number of benzene rings is 8. The molecule has 0 amide bonds. The monoisotopic (exact) mass is 838 g/mol. The van der Waals surface area contributed by atoms with Crippen LogP contribution in [0, 0.1) is 13.8 Å². The highest BCUT2D eigenvalue weighted by atomic mass is 19.4. The van der Waals surface area contributed by atoms with E-state index in [4.69, 9.17) is 9.47 Å². The highest BCUT2D eigenvalue weighted by Crippen LogP contribution is 2.43. The van der Waals surface area contributed by atoms with E-state index in [-0.39, 0.29) is 5.75 Å². The molecule has 6 nitrogen and oxygen atoms in total. The van der Waals surface area contributed by atoms with Gasteiger partial charge in [-0.25, -0.2) is 9.59 Å². The molecule has 0 aromatic heterocycles. The van der Waals surface area contributed by atoms with Crippen molar-refractivity contribution in [2.75, 3.05) is 9.80 Å².